The molecule has 1 fully saturated rings. The van der Waals surface area contributed by atoms with Crippen molar-refractivity contribution >= 4 is 5.95 Å². The molecule has 100 valence electrons. The Morgan fingerprint density at radius 2 is 2.22 bits per heavy atom. The molecule has 5 nitrogen and oxygen atoms in total. The summed E-state index contributed by atoms with van der Waals surface area (Å²) in [5.41, 5.74) is 6.07. The quantitative estimate of drug-likeness (QED) is 0.852. The first-order valence-electron chi connectivity index (χ1n) is 6.41. The molecule has 3 N–H and O–H groups in total. The molecule has 1 aliphatic carbocycles. The maximum Gasteiger partial charge on any atom is 0.226 e. The van der Waals surface area contributed by atoms with Crippen molar-refractivity contribution in [3.63, 3.8) is 0 Å². The average molecular weight is 250 g/mol. The van der Waals surface area contributed by atoms with Crippen LogP contribution in [0, 0.1) is 5.41 Å². The highest BCUT2D eigenvalue weighted by Crippen LogP contribution is 2.40. The van der Waals surface area contributed by atoms with E-state index in [1.165, 1.54) is 0 Å². The van der Waals surface area contributed by atoms with Gasteiger partial charge in [-0.15, -0.1) is 0 Å². The van der Waals surface area contributed by atoms with Gasteiger partial charge in [-0.25, -0.2) is 4.98 Å². The summed E-state index contributed by atoms with van der Waals surface area (Å²) in [6.07, 6.45) is 2.77. The van der Waals surface area contributed by atoms with Crippen LogP contribution in [-0.2, 0) is 0 Å². The van der Waals surface area contributed by atoms with E-state index in [1.54, 1.807) is 12.3 Å². The Morgan fingerprint density at radius 1 is 1.50 bits per heavy atom. The van der Waals surface area contributed by atoms with Crippen LogP contribution in [0.5, 0.6) is 5.88 Å². The Kier molecular flexibility index (Phi) is 3.43. The lowest BCUT2D eigenvalue weighted by molar-refractivity contribution is 0.116. The van der Waals surface area contributed by atoms with Crippen molar-refractivity contribution in [2.45, 2.75) is 52.3 Å². The maximum absolute atomic E-state index is 5.99. The first-order chi connectivity index (χ1) is 8.39. The molecule has 0 radical (unpaired) electrons. The van der Waals surface area contributed by atoms with Crippen molar-refractivity contribution < 1.29 is 4.74 Å². The van der Waals surface area contributed by atoms with E-state index >= 15 is 0 Å². The van der Waals surface area contributed by atoms with Crippen molar-refractivity contribution in [2.75, 3.05) is 5.32 Å². The Balaban J connectivity index is 2.02. The standard InChI is InChI=1S/C13H22N4O/c1-8(2)18-11-5-6-15-12(17-11)16-10-7-9(14)13(10,3)4/h5-6,8-10H,7,14H2,1-4H3,(H,15,16,17). The molecular weight excluding hydrogens is 228 g/mol. The lowest BCUT2D eigenvalue weighted by Crippen LogP contribution is -2.61. The topological polar surface area (TPSA) is 73.1 Å². The van der Waals surface area contributed by atoms with Crippen LogP contribution in [0.3, 0.4) is 0 Å². The molecule has 0 spiro atoms. The van der Waals surface area contributed by atoms with Crippen molar-refractivity contribution in [2.24, 2.45) is 11.1 Å². The summed E-state index contributed by atoms with van der Waals surface area (Å²) in [5.74, 6) is 1.21. The molecule has 1 aromatic rings. The zero-order valence-corrected chi connectivity index (χ0v) is 11.5. The fourth-order valence-electron chi connectivity index (χ4n) is 2.08. The van der Waals surface area contributed by atoms with Gasteiger partial charge in [-0.2, -0.15) is 4.98 Å². The van der Waals surface area contributed by atoms with Crippen LogP contribution >= 0.6 is 0 Å². The molecule has 2 rings (SSSR count). The normalized spacial score (nSPS) is 25.7. The Hall–Kier alpha value is -1.36. The van der Waals surface area contributed by atoms with Crippen LogP contribution in [0.15, 0.2) is 12.3 Å². The van der Waals surface area contributed by atoms with Gasteiger partial charge in [0.05, 0.1) is 6.10 Å². The molecule has 1 aliphatic rings. The van der Waals surface area contributed by atoms with Gasteiger partial charge in [-0.1, -0.05) is 13.8 Å². The highest BCUT2D eigenvalue weighted by molar-refractivity contribution is 5.32. The second-order valence-electron chi connectivity index (χ2n) is 5.75. The SMILES string of the molecule is CC(C)Oc1ccnc(NC2CC(N)C2(C)C)n1. The number of hydrogen-bond donors (Lipinski definition) is 2. The number of anilines is 1. The number of rotatable bonds is 4. The van der Waals surface area contributed by atoms with E-state index in [4.69, 9.17) is 10.5 Å². The molecule has 1 aromatic heterocycles. The minimum atomic E-state index is 0.0816. The van der Waals surface area contributed by atoms with E-state index in [-0.39, 0.29) is 17.6 Å². The minimum Gasteiger partial charge on any atom is -0.475 e. The molecular formula is C13H22N4O. The molecule has 2 atom stereocenters. The van der Waals surface area contributed by atoms with Gasteiger partial charge in [-0.3, -0.25) is 0 Å². The first kappa shape index (κ1) is 13.1. The summed E-state index contributed by atoms with van der Waals surface area (Å²) in [6.45, 7) is 8.27. The minimum absolute atomic E-state index is 0.0816. The molecule has 2 unspecified atom stereocenters. The fourth-order valence-corrected chi connectivity index (χ4v) is 2.08. The van der Waals surface area contributed by atoms with E-state index in [0.717, 1.165) is 6.42 Å². The largest absolute Gasteiger partial charge is 0.475 e. The zero-order valence-electron chi connectivity index (χ0n) is 11.5. The number of ether oxygens (including phenoxy) is 1. The zero-order chi connectivity index (χ0) is 13.3. The highest BCUT2D eigenvalue weighted by atomic mass is 16.5. The molecule has 1 saturated carbocycles. The van der Waals surface area contributed by atoms with Gasteiger partial charge in [0.25, 0.3) is 0 Å². The smallest absolute Gasteiger partial charge is 0.226 e. The monoisotopic (exact) mass is 250 g/mol. The third-order valence-electron chi connectivity index (χ3n) is 3.63. The van der Waals surface area contributed by atoms with Crippen LogP contribution in [0.1, 0.15) is 34.1 Å². The average Bonchev–Trinajstić information content (AvgIpc) is 2.28. The Labute approximate surface area is 108 Å². The van der Waals surface area contributed by atoms with E-state index in [1.807, 2.05) is 13.8 Å². The van der Waals surface area contributed by atoms with Crippen LogP contribution in [0.25, 0.3) is 0 Å². The van der Waals surface area contributed by atoms with Crippen molar-refractivity contribution in [1.29, 1.82) is 0 Å². The molecule has 1 heterocycles. The van der Waals surface area contributed by atoms with Crippen LogP contribution in [-0.4, -0.2) is 28.2 Å². The van der Waals surface area contributed by atoms with Gasteiger partial charge in [0.1, 0.15) is 0 Å². The fraction of sp³-hybridized carbons (Fsp3) is 0.692. The molecule has 18 heavy (non-hydrogen) atoms. The predicted molar refractivity (Wildman–Crippen MR) is 71.6 cm³/mol. The molecule has 0 amide bonds. The summed E-state index contributed by atoms with van der Waals surface area (Å²) >= 11 is 0. The van der Waals surface area contributed by atoms with Crippen LogP contribution in [0.4, 0.5) is 5.95 Å². The number of nitrogens with two attached hydrogens (primary N) is 1. The second kappa shape index (κ2) is 4.72. The van der Waals surface area contributed by atoms with Gasteiger partial charge in [-0.05, 0) is 20.3 Å². The summed E-state index contributed by atoms with van der Waals surface area (Å²) < 4.78 is 5.55. The van der Waals surface area contributed by atoms with Crippen LogP contribution in [0.2, 0.25) is 0 Å². The number of aromatic nitrogens is 2. The highest BCUT2D eigenvalue weighted by Gasteiger charge is 2.46. The maximum atomic E-state index is 5.99. The lowest BCUT2D eigenvalue weighted by atomic mass is 9.63. The van der Waals surface area contributed by atoms with Gasteiger partial charge in [0.2, 0.25) is 11.8 Å². The summed E-state index contributed by atoms with van der Waals surface area (Å²) in [6, 6.07) is 2.33. The van der Waals surface area contributed by atoms with Gasteiger partial charge < -0.3 is 15.8 Å². The van der Waals surface area contributed by atoms with E-state index in [9.17, 15) is 0 Å². The number of hydrogen-bond acceptors (Lipinski definition) is 5. The van der Waals surface area contributed by atoms with E-state index < -0.39 is 0 Å². The van der Waals surface area contributed by atoms with Crippen molar-refractivity contribution in [3.8, 4) is 5.88 Å². The van der Waals surface area contributed by atoms with Gasteiger partial charge in [0.15, 0.2) is 0 Å². The molecule has 0 saturated heterocycles. The first-order valence-corrected chi connectivity index (χ1v) is 6.41. The molecule has 5 heteroatoms. The number of nitrogens with zero attached hydrogens (tertiary/aromatic N) is 2. The van der Waals surface area contributed by atoms with E-state index in [0.29, 0.717) is 17.9 Å². The Bertz CT molecular complexity index is 419. The van der Waals surface area contributed by atoms with Crippen LogP contribution < -0.4 is 15.8 Å². The summed E-state index contributed by atoms with van der Waals surface area (Å²) in [5, 5.41) is 3.33. The van der Waals surface area contributed by atoms with Crippen molar-refractivity contribution in [1.82, 2.24) is 9.97 Å². The number of nitrogens with one attached hydrogen (secondary N) is 1. The summed E-state index contributed by atoms with van der Waals surface area (Å²) in [4.78, 5) is 8.56. The predicted octanol–water partition coefficient (Wildman–Crippen LogP) is 1.80. The second-order valence-corrected chi connectivity index (χ2v) is 5.75. The summed E-state index contributed by atoms with van der Waals surface area (Å²) in [7, 11) is 0. The van der Waals surface area contributed by atoms with Crippen molar-refractivity contribution in [3.05, 3.63) is 12.3 Å². The third kappa shape index (κ3) is 2.56. The van der Waals surface area contributed by atoms with Gasteiger partial charge >= 0.3 is 0 Å². The molecule has 0 aliphatic heterocycles. The molecule has 0 aromatic carbocycles. The van der Waals surface area contributed by atoms with E-state index in [2.05, 4.69) is 29.1 Å². The molecule has 0 bridgehead atoms. The van der Waals surface area contributed by atoms with Gasteiger partial charge in [0, 0.05) is 29.8 Å². The third-order valence-corrected chi connectivity index (χ3v) is 3.63. The Morgan fingerprint density at radius 3 is 2.78 bits per heavy atom. The lowest BCUT2D eigenvalue weighted by Gasteiger charge is -2.50.